The Balaban J connectivity index is 0.000000627. The fourth-order valence-corrected chi connectivity index (χ4v) is 7.56. The zero-order valence-corrected chi connectivity index (χ0v) is 38.7. The number of rotatable bonds is 0. The standard InChI is InChI=1S/C7H14.2C6H13N.3C6H12O.C5H12N2.C5H11NO.CH4/c1-7-5-3-2-4-6-7;4*1-6-3-2-4-7-5-6;1-6-4-2-3-5-7-6;2*1-5-4-6-2-3-7-5;/h7H,2-6H2,1H3;2*6-7H,2-5H2,1H3;3*6H,2-5H2,1H3;5-7H,2-4H2,1H3;5-6H,2-4H2,1H3;1H4/t;5*6-;2*5-;/m.1010011./s1. The lowest BCUT2D eigenvalue weighted by Gasteiger charge is -2.19. The maximum atomic E-state index is 5.28. The van der Waals surface area contributed by atoms with E-state index in [4.69, 9.17) is 18.9 Å². The second kappa shape index (κ2) is 41.0. The Bertz CT molecular complexity index is 573. The van der Waals surface area contributed by atoms with Gasteiger partial charge in [0.25, 0.3) is 0 Å². The molecule has 0 bridgehead atoms. The maximum absolute atomic E-state index is 5.28. The molecule has 9 heteroatoms. The van der Waals surface area contributed by atoms with Gasteiger partial charge in [-0.15, -0.1) is 0 Å². The van der Waals surface area contributed by atoms with Crippen molar-refractivity contribution in [3.05, 3.63) is 0 Å². The van der Waals surface area contributed by atoms with Gasteiger partial charge >= 0.3 is 0 Å². The summed E-state index contributed by atoms with van der Waals surface area (Å²) in [4.78, 5) is 0. The van der Waals surface area contributed by atoms with Gasteiger partial charge in [-0.05, 0) is 147 Å². The average molecular weight is 814 g/mol. The molecule has 0 aromatic heterocycles. The van der Waals surface area contributed by atoms with Gasteiger partial charge in [0, 0.05) is 71.8 Å². The third-order valence-electron chi connectivity index (χ3n) is 11.5. The van der Waals surface area contributed by atoms with E-state index in [0.717, 1.165) is 102 Å². The van der Waals surface area contributed by atoms with Crippen molar-refractivity contribution in [3.63, 3.8) is 0 Å². The van der Waals surface area contributed by atoms with Gasteiger partial charge in [0.05, 0.1) is 18.8 Å². The fourth-order valence-electron chi connectivity index (χ4n) is 7.56. The van der Waals surface area contributed by atoms with Crippen LogP contribution in [0.4, 0.5) is 0 Å². The Morgan fingerprint density at radius 2 is 0.842 bits per heavy atom. The molecule has 8 rings (SSSR count). The van der Waals surface area contributed by atoms with Crippen molar-refractivity contribution in [1.82, 2.24) is 26.6 Å². The summed E-state index contributed by atoms with van der Waals surface area (Å²) in [6, 6.07) is 0.675. The topological polar surface area (TPSA) is 97.1 Å². The highest BCUT2D eigenvalue weighted by atomic mass is 16.5. The van der Waals surface area contributed by atoms with Gasteiger partial charge in [-0.3, -0.25) is 0 Å². The summed E-state index contributed by atoms with van der Waals surface area (Å²) in [6.45, 7) is 34.0. The number of morpholine rings is 1. The Kier molecular flexibility index (Phi) is 40.8. The Morgan fingerprint density at radius 1 is 0.351 bits per heavy atom. The molecule has 0 aromatic carbocycles. The van der Waals surface area contributed by atoms with E-state index in [1.165, 1.54) is 129 Å². The highest BCUT2D eigenvalue weighted by Gasteiger charge is 2.10. The molecule has 8 aliphatic rings. The second-order valence-corrected chi connectivity index (χ2v) is 18.4. The minimum atomic E-state index is 0. The lowest BCUT2D eigenvalue weighted by molar-refractivity contribution is 0.0285. The van der Waals surface area contributed by atoms with Gasteiger partial charge in [-0.1, -0.05) is 74.1 Å². The zero-order chi connectivity index (χ0) is 40.9. The number of ether oxygens (including phenoxy) is 4. The van der Waals surface area contributed by atoms with Crippen LogP contribution in [0.1, 0.15) is 166 Å². The third kappa shape index (κ3) is 39.5. The average Bonchev–Trinajstić information content (AvgIpc) is 3.22. The van der Waals surface area contributed by atoms with Gasteiger partial charge in [0.15, 0.2) is 0 Å². The van der Waals surface area contributed by atoms with Crippen LogP contribution < -0.4 is 26.6 Å². The normalized spacial score (nSPS) is 31.5. The number of piperazine rings is 1. The Labute approximate surface area is 356 Å². The summed E-state index contributed by atoms with van der Waals surface area (Å²) >= 11 is 0. The van der Waals surface area contributed by atoms with Crippen LogP contribution in [0.15, 0.2) is 0 Å². The largest absolute Gasteiger partial charge is 0.381 e. The molecule has 7 heterocycles. The van der Waals surface area contributed by atoms with E-state index in [2.05, 4.69) is 82.0 Å². The smallest absolute Gasteiger partial charge is 0.0672 e. The van der Waals surface area contributed by atoms with Gasteiger partial charge in [-0.2, -0.15) is 0 Å². The number of hydrogen-bond donors (Lipinski definition) is 5. The van der Waals surface area contributed by atoms with Crippen LogP contribution in [0.5, 0.6) is 0 Å². The van der Waals surface area contributed by atoms with Crippen molar-refractivity contribution in [3.8, 4) is 0 Å². The summed E-state index contributed by atoms with van der Waals surface area (Å²) in [5, 5.41) is 16.5. The van der Waals surface area contributed by atoms with Crippen molar-refractivity contribution in [2.45, 2.75) is 184 Å². The molecule has 7 atom stereocenters. The first-order valence-corrected chi connectivity index (χ1v) is 24.1. The van der Waals surface area contributed by atoms with Crippen molar-refractivity contribution < 1.29 is 18.9 Å². The van der Waals surface area contributed by atoms with Crippen molar-refractivity contribution in [2.24, 2.45) is 29.6 Å². The summed E-state index contributed by atoms with van der Waals surface area (Å²) < 4.78 is 20.9. The van der Waals surface area contributed by atoms with E-state index in [1.807, 2.05) is 0 Å². The third-order valence-corrected chi connectivity index (χ3v) is 11.5. The lowest BCUT2D eigenvalue weighted by atomic mass is 9.91. The molecule has 0 radical (unpaired) electrons. The maximum Gasteiger partial charge on any atom is 0.0672 e. The predicted molar refractivity (Wildman–Crippen MR) is 248 cm³/mol. The summed E-state index contributed by atoms with van der Waals surface area (Å²) in [5.41, 5.74) is 0. The lowest BCUT2D eigenvalue weighted by Crippen LogP contribution is -2.46. The molecule has 9 nitrogen and oxygen atoms in total. The molecule has 1 aliphatic carbocycles. The second-order valence-electron chi connectivity index (χ2n) is 18.4. The van der Waals surface area contributed by atoms with Crippen LogP contribution in [0, 0.1) is 29.6 Å². The predicted octanol–water partition coefficient (Wildman–Crippen LogP) is 9.24. The molecule has 0 spiro atoms. The molecule has 344 valence electrons. The van der Waals surface area contributed by atoms with E-state index in [0.29, 0.717) is 18.2 Å². The summed E-state index contributed by atoms with van der Waals surface area (Å²) in [5.74, 6) is 4.51. The molecule has 5 N–H and O–H groups in total. The molecule has 57 heavy (non-hydrogen) atoms. The molecular formula is C48H103N5O4. The minimum Gasteiger partial charge on any atom is -0.381 e. The first kappa shape index (κ1) is 56.6. The van der Waals surface area contributed by atoms with Crippen LogP contribution in [-0.2, 0) is 18.9 Å². The van der Waals surface area contributed by atoms with Crippen LogP contribution in [-0.4, -0.2) is 117 Å². The van der Waals surface area contributed by atoms with Crippen molar-refractivity contribution in [2.75, 3.05) is 98.5 Å². The summed E-state index contributed by atoms with van der Waals surface area (Å²) in [6.07, 6.45) is 23.1. The number of hydrogen-bond acceptors (Lipinski definition) is 9. The minimum absolute atomic E-state index is 0. The molecule has 0 aromatic rings. The van der Waals surface area contributed by atoms with Crippen LogP contribution in [0.2, 0.25) is 0 Å². The molecule has 7 aliphatic heterocycles. The van der Waals surface area contributed by atoms with E-state index in [1.54, 1.807) is 0 Å². The first-order valence-electron chi connectivity index (χ1n) is 24.1. The first-order chi connectivity index (χ1) is 27.2. The van der Waals surface area contributed by atoms with Crippen LogP contribution in [0.25, 0.3) is 0 Å². The molecular weight excluding hydrogens is 711 g/mol. The van der Waals surface area contributed by atoms with E-state index < -0.39 is 0 Å². The molecule has 0 amide bonds. The van der Waals surface area contributed by atoms with E-state index in [-0.39, 0.29) is 7.43 Å². The SMILES string of the molecule is C.CC1CCCCC1.C[C@@H]1CCCNC1.C[C@@H]1CCCOC1.C[C@@H]1CNCCN1.C[C@@H]1CNCCO1.C[C@H]1CCCCO1.C[C@H]1CCCNC1.C[C@H]1CCCOC1. The van der Waals surface area contributed by atoms with Gasteiger partial charge < -0.3 is 45.5 Å². The van der Waals surface area contributed by atoms with Crippen LogP contribution in [0.3, 0.4) is 0 Å². The van der Waals surface area contributed by atoms with Crippen molar-refractivity contribution >= 4 is 0 Å². The highest BCUT2D eigenvalue weighted by molar-refractivity contribution is 4.69. The summed E-state index contributed by atoms with van der Waals surface area (Å²) in [7, 11) is 0. The Hall–Kier alpha value is -0.360. The highest BCUT2D eigenvalue weighted by Crippen LogP contribution is 2.22. The fraction of sp³-hybridized carbons (Fsp3) is 1.00. The van der Waals surface area contributed by atoms with Crippen LogP contribution >= 0.6 is 0 Å². The number of piperidine rings is 2. The quantitative estimate of drug-likeness (QED) is 0.164. The van der Waals surface area contributed by atoms with E-state index >= 15 is 0 Å². The molecule has 7 saturated heterocycles. The van der Waals surface area contributed by atoms with Gasteiger partial charge in [0.2, 0.25) is 0 Å². The Morgan fingerprint density at radius 3 is 1.05 bits per heavy atom. The molecule has 8 fully saturated rings. The monoisotopic (exact) mass is 814 g/mol. The van der Waals surface area contributed by atoms with Gasteiger partial charge in [-0.25, -0.2) is 0 Å². The zero-order valence-electron chi connectivity index (χ0n) is 38.7. The number of nitrogens with one attached hydrogen (secondary N) is 5. The van der Waals surface area contributed by atoms with E-state index in [9.17, 15) is 0 Å². The molecule has 0 unspecified atom stereocenters. The van der Waals surface area contributed by atoms with Crippen molar-refractivity contribution in [1.29, 1.82) is 0 Å². The molecule has 1 saturated carbocycles. The van der Waals surface area contributed by atoms with Gasteiger partial charge in [0.1, 0.15) is 0 Å².